The zero-order valence-corrected chi connectivity index (χ0v) is 12.9. The molecule has 0 aliphatic heterocycles. The van der Waals surface area contributed by atoms with Crippen molar-refractivity contribution in [1.29, 1.82) is 0 Å². The summed E-state index contributed by atoms with van der Waals surface area (Å²) >= 11 is 0. The molecule has 0 spiro atoms. The van der Waals surface area contributed by atoms with Crippen LogP contribution in [0.5, 0.6) is 0 Å². The number of amides is 1. The van der Waals surface area contributed by atoms with E-state index in [0.29, 0.717) is 6.42 Å². The van der Waals surface area contributed by atoms with Crippen molar-refractivity contribution in [2.75, 3.05) is 10.6 Å². The van der Waals surface area contributed by atoms with E-state index in [2.05, 4.69) is 5.32 Å². The molecule has 0 heterocycles. The fraction of sp³-hybridized carbons (Fsp3) is 0.500. The van der Waals surface area contributed by atoms with E-state index in [-0.39, 0.29) is 17.6 Å². The average Bonchev–Trinajstić information content (AvgIpc) is 3.19. The zero-order valence-electron chi connectivity index (χ0n) is 12.0. The van der Waals surface area contributed by atoms with Gasteiger partial charge in [0.1, 0.15) is 11.9 Å². The molecule has 1 aliphatic rings. The Balaban J connectivity index is 2.33. The standard InChI is InChI=1S/C14H19FN2O3S/c1-3-13(14(18)16-11-6-7-11)17(21(2,19)20)12-8-4-10(15)5-9-12/h4-5,8-9,11,13H,3,6-7H2,1-2H3,(H,16,18)/t13-/m0/s1. The average molecular weight is 314 g/mol. The molecule has 21 heavy (non-hydrogen) atoms. The summed E-state index contributed by atoms with van der Waals surface area (Å²) in [5, 5.41) is 2.82. The summed E-state index contributed by atoms with van der Waals surface area (Å²) in [7, 11) is -3.65. The number of halogens is 1. The topological polar surface area (TPSA) is 66.5 Å². The highest BCUT2D eigenvalue weighted by Gasteiger charge is 2.34. The lowest BCUT2D eigenvalue weighted by molar-refractivity contribution is -0.122. The first kappa shape index (κ1) is 15.8. The van der Waals surface area contributed by atoms with Crippen molar-refractivity contribution in [2.24, 2.45) is 0 Å². The van der Waals surface area contributed by atoms with Crippen LogP contribution in [0.2, 0.25) is 0 Å². The van der Waals surface area contributed by atoms with Gasteiger partial charge in [-0.2, -0.15) is 0 Å². The number of carbonyl (C=O) groups excluding carboxylic acids is 1. The Morgan fingerprint density at radius 3 is 2.38 bits per heavy atom. The smallest absolute Gasteiger partial charge is 0.244 e. The molecule has 0 unspecified atom stereocenters. The minimum Gasteiger partial charge on any atom is -0.352 e. The number of hydrogen-bond acceptors (Lipinski definition) is 3. The van der Waals surface area contributed by atoms with E-state index in [4.69, 9.17) is 0 Å². The minimum absolute atomic E-state index is 0.154. The second-order valence-electron chi connectivity index (χ2n) is 5.24. The van der Waals surface area contributed by atoms with Crippen molar-refractivity contribution < 1.29 is 17.6 Å². The van der Waals surface area contributed by atoms with Crippen LogP contribution >= 0.6 is 0 Å². The third kappa shape index (κ3) is 3.93. The largest absolute Gasteiger partial charge is 0.352 e. The van der Waals surface area contributed by atoms with Crippen LogP contribution in [0.4, 0.5) is 10.1 Å². The van der Waals surface area contributed by atoms with Crippen LogP contribution in [-0.4, -0.2) is 32.7 Å². The summed E-state index contributed by atoms with van der Waals surface area (Å²) < 4.78 is 38.2. The van der Waals surface area contributed by atoms with Gasteiger partial charge >= 0.3 is 0 Å². The predicted molar refractivity (Wildman–Crippen MR) is 79.0 cm³/mol. The molecule has 1 fully saturated rings. The van der Waals surface area contributed by atoms with Gasteiger partial charge in [-0.1, -0.05) is 6.92 Å². The van der Waals surface area contributed by atoms with Gasteiger partial charge in [0.25, 0.3) is 0 Å². The fourth-order valence-electron chi connectivity index (χ4n) is 2.17. The normalized spacial score (nSPS) is 16.3. The summed E-state index contributed by atoms with van der Waals surface area (Å²) in [5.74, 6) is -0.766. The Bertz CT molecular complexity index is 612. The highest BCUT2D eigenvalue weighted by atomic mass is 32.2. The first-order chi connectivity index (χ1) is 9.82. The summed E-state index contributed by atoms with van der Waals surface area (Å²) in [5.41, 5.74) is 0.289. The van der Waals surface area contributed by atoms with Gasteiger partial charge in [0, 0.05) is 6.04 Å². The minimum atomic E-state index is -3.65. The summed E-state index contributed by atoms with van der Waals surface area (Å²) in [6, 6.07) is 4.41. The van der Waals surface area contributed by atoms with Crippen LogP contribution in [-0.2, 0) is 14.8 Å². The Morgan fingerprint density at radius 2 is 1.95 bits per heavy atom. The van der Waals surface area contributed by atoms with E-state index in [0.717, 1.165) is 23.4 Å². The van der Waals surface area contributed by atoms with Gasteiger partial charge in [0.15, 0.2) is 0 Å². The van der Waals surface area contributed by atoms with E-state index in [9.17, 15) is 17.6 Å². The van der Waals surface area contributed by atoms with Crippen LogP contribution in [0.25, 0.3) is 0 Å². The Labute approximate surface area is 124 Å². The van der Waals surface area contributed by atoms with Crippen LogP contribution in [0.3, 0.4) is 0 Å². The summed E-state index contributed by atoms with van der Waals surface area (Å²) in [6.07, 6.45) is 3.24. The number of nitrogens with one attached hydrogen (secondary N) is 1. The summed E-state index contributed by atoms with van der Waals surface area (Å²) in [6.45, 7) is 1.75. The van der Waals surface area contributed by atoms with Gasteiger partial charge in [-0.15, -0.1) is 0 Å². The zero-order chi connectivity index (χ0) is 15.6. The number of hydrogen-bond donors (Lipinski definition) is 1. The summed E-state index contributed by atoms with van der Waals surface area (Å²) in [4.78, 5) is 12.3. The van der Waals surface area contributed by atoms with E-state index < -0.39 is 21.9 Å². The van der Waals surface area contributed by atoms with E-state index in [1.165, 1.54) is 24.3 Å². The van der Waals surface area contributed by atoms with Gasteiger partial charge in [0.2, 0.25) is 15.9 Å². The van der Waals surface area contributed by atoms with Crippen LogP contribution in [0.1, 0.15) is 26.2 Å². The van der Waals surface area contributed by atoms with E-state index in [1.807, 2.05) is 0 Å². The predicted octanol–water partition coefficient (Wildman–Crippen LogP) is 1.65. The van der Waals surface area contributed by atoms with E-state index >= 15 is 0 Å². The van der Waals surface area contributed by atoms with Gasteiger partial charge in [-0.3, -0.25) is 9.10 Å². The Hall–Kier alpha value is -1.63. The third-order valence-corrected chi connectivity index (χ3v) is 4.51. The van der Waals surface area contributed by atoms with Gasteiger partial charge in [-0.05, 0) is 43.5 Å². The molecule has 116 valence electrons. The molecule has 0 saturated heterocycles. The van der Waals surface area contributed by atoms with Crippen LogP contribution in [0, 0.1) is 5.82 Å². The molecule has 0 radical (unpaired) electrons. The van der Waals surface area contributed by atoms with Crippen molar-refractivity contribution in [2.45, 2.75) is 38.3 Å². The molecule has 0 bridgehead atoms. The number of benzene rings is 1. The molecule has 1 aromatic carbocycles. The van der Waals surface area contributed by atoms with Crippen LogP contribution < -0.4 is 9.62 Å². The van der Waals surface area contributed by atoms with Crippen molar-refractivity contribution in [3.63, 3.8) is 0 Å². The van der Waals surface area contributed by atoms with Crippen molar-refractivity contribution in [1.82, 2.24) is 5.32 Å². The maximum absolute atomic E-state index is 13.0. The van der Waals surface area contributed by atoms with Crippen LogP contribution in [0.15, 0.2) is 24.3 Å². The second kappa shape index (κ2) is 6.01. The molecule has 1 N–H and O–H groups in total. The highest BCUT2D eigenvalue weighted by Crippen LogP contribution is 2.24. The number of nitrogens with zero attached hydrogens (tertiary/aromatic N) is 1. The first-order valence-electron chi connectivity index (χ1n) is 6.88. The molecule has 1 saturated carbocycles. The van der Waals surface area contributed by atoms with Gasteiger partial charge in [0.05, 0.1) is 11.9 Å². The fourth-order valence-corrected chi connectivity index (χ4v) is 3.39. The van der Waals surface area contributed by atoms with Gasteiger partial charge < -0.3 is 5.32 Å². The molecule has 1 atom stereocenters. The second-order valence-corrected chi connectivity index (χ2v) is 7.10. The third-order valence-electron chi connectivity index (χ3n) is 3.33. The number of carbonyl (C=O) groups is 1. The molecule has 7 heteroatoms. The van der Waals surface area contributed by atoms with Crippen molar-refractivity contribution >= 4 is 21.6 Å². The van der Waals surface area contributed by atoms with Gasteiger partial charge in [-0.25, -0.2) is 12.8 Å². The van der Waals surface area contributed by atoms with Crippen molar-refractivity contribution in [3.8, 4) is 0 Å². The molecular formula is C14H19FN2O3S. The monoisotopic (exact) mass is 314 g/mol. The molecule has 2 rings (SSSR count). The Kier molecular flexibility index (Phi) is 4.51. The molecule has 1 amide bonds. The maximum atomic E-state index is 13.0. The number of anilines is 1. The SMILES string of the molecule is CC[C@@H](C(=O)NC1CC1)N(c1ccc(F)cc1)S(C)(=O)=O. The van der Waals surface area contributed by atoms with E-state index in [1.54, 1.807) is 6.92 Å². The first-order valence-corrected chi connectivity index (χ1v) is 8.73. The lowest BCUT2D eigenvalue weighted by Crippen LogP contribution is -2.49. The molecule has 0 aromatic heterocycles. The molecule has 1 aliphatic carbocycles. The Morgan fingerprint density at radius 1 is 1.38 bits per heavy atom. The number of rotatable bonds is 6. The highest BCUT2D eigenvalue weighted by molar-refractivity contribution is 7.92. The number of sulfonamides is 1. The lowest BCUT2D eigenvalue weighted by Gasteiger charge is -2.30. The molecule has 5 nitrogen and oxygen atoms in total. The van der Waals surface area contributed by atoms with Crippen molar-refractivity contribution in [3.05, 3.63) is 30.1 Å². The lowest BCUT2D eigenvalue weighted by atomic mass is 10.2. The maximum Gasteiger partial charge on any atom is 0.244 e. The quantitative estimate of drug-likeness (QED) is 0.868. The molecular weight excluding hydrogens is 295 g/mol. The molecule has 1 aromatic rings.